The maximum Gasteiger partial charge on any atom is 0.357 e. The lowest BCUT2D eigenvalue weighted by atomic mass is 10.1. The number of aromatic carboxylic acids is 1. The summed E-state index contributed by atoms with van der Waals surface area (Å²) < 4.78 is 0. The fourth-order valence-corrected chi connectivity index (χ4v) is 3.06. The summed E-state index contributed by atoms with van der Waals surface area (Å²) in [6.07, 6.45) is 0.809. The number of benzene rings is 2. The van der Waals surface area contributed by atoms with Gasteiger partial charge in [0.15, 0.2) is 5.69 Å². The molecule has 0 aliphatic carbocycles. The van der Waals surface area contributed by atoms with Crippen molar-refractivity contribution in [2.24, 2.45) is 0 Å². The van der Waals surface area contributed by atoms with Crippen molar-refractivity contribution in [1.82, 2.24) is 20.4 Å². The maximum absolute atomic E-state index is 12.4. The van der Waals surface area contributed by atoms with Crippen LogP contribution in [-0.4, -0.2) is 51.7 Å². The van der Waals surface area contributed by atoms with Gasteiger partial charge in [-0.3, -0.25) is 14.8 Å². The third kappa shape index (κ3) is 4.55. The number of fused-ring (bicyclic) bond motifs is 1. The second-order valence-corrected chi connectivity index (χ2v) is 6.93. The zero-order valence-electron chi connectivity index (χ0n) is 16.0. The first-order chi connectivity index (χ1) is 13.5. The zero-order valence-corrected chi connectivity index (χ0v) is 16.0. The van der Waals surface area contributed by atoms with Crippen LogP contribution in [-0.2, 0) is 6.54 Å². The molecule has 3 rings (SSSR count). The van der Waals surface area contributed by atoms with Crippen LogP contribution >= 0.6 is 0 Å². The fraction of sp³-hybridized carbons (Fsp3) is 0.286. The van der Waals surface area contributed by atoms with Gasteiger partial charge in [-0.2, -0.15) is 5.10 Å². The van der Waals surface area contributed by atoms with Gasteiger partial charge in [0.2, 0.25) is 0 Å². The summed E-state index contributed by atoms with van der Waals surface area (Å²) in [6.45, 7) is 3.52. The van der Waals surface area contributed by atoms with E-state index in [0.717, 1.165) is 13.0 Å². The first kappa shape index (κ1) is 19.6. The SMILES string of the molecule is CC(CCNC(=O)c1ccc2[nH]nc(C(=O)O)c2c1)N(C)Cc1ccccc1. The molecule has 3 N–H and O–H groups in total. The third-order valence-corrected chi connectivity index (χ3v) is 4.90. The van der Waals surface area contributed by atoms with Crippen molar-refractivity contribution in [3.8, 4) is 0 Å². The standard InChI is InChI=1S/C21H24N4O3/c1-14(25(2)13-15-6-4-3-5-7-15)10-11-22-20(26)16-8-9-18-17(12-16)19(21(27)28)24-23-18/h3-9,12,14H,10-11,13H2,1-2H3,(H,22,26)(H,23,24)(H,27,28). The van der Waals surface area contributed by atoms with Crippen molar-refractivity contribution < 1.29 is 14.7 Å². The number of hydrogen-bond donors (Lipinski definition) is 3. The number of aromatic nitrogens is 2. The number of carbonyl (C=O) groups excluding carboxylic acids is 1. The van der Waals surface area contributed by atoms with Crippen molar-refractivity contribution in [3.05, 3.63) is 65.4 Å². The van der Waals surface area contributed by atoms with E-state index in [-0.39, 0.29) is 11.6 Å². The molecule has 0 bridgehead atoms. The van der Waals surface area contributed by atoms with E-state index < -0.39 is 5.97 Å². The van der Waals surface area contributed by atoms with Gasteiger partial charge in [-0.15, -0.1) is 0 Å². The highest BCUT2D eigenvalue weighted by atomic mass is 16.4. The second kappa shape index (κ2) is 8.67. The third-order valence-electron chi connectivity index (χ3n) is 4.90. The summed E-state index contributed by atoms with van der Waals surface area (Å²) in [5, 5.41) is 18.9. The first-order valence-electron chi connectivity index (χ1n) is 9.19. The van der Waals surface area contributed by atoms with Gasteiger partial charge in [-0.25, -0.2) is 4.79 Å². The van der Waals surface area contributed by atoms with Gasteiger partial charge >= 0.3 is 5.97 Å². The number of carbonyl (C=O) groups is 2. The summed E-state index contributed by atoms with van der Waals surface area (Å²) in [7, 11) is 2.07. The molecule has 1 atom stereocenters. The van der Waals surface area contributed by atoms with E-state index in [9.17, 15) is 14.7 Å². The Morgan fingerprint density at radius 1 is 1.21 bits per heavy atom. The molecule has 146 valence electrons. The van der Waals surface area contributed by atoms with Crippen LogP contribution in [0.2, 0.25) is 0 Å². The molecule has 0 aliphatic rings. The van der Waals surface area contributed by atoms with E-state index in [1.54, 1.807) is 18.2 Å². The lowest BCUT2D eigenvalue weighted by Gasteiger charge is -2.24. The number of nitrogens with one attached hydrogen (secondary N) is 2. The van der Waals surface area contributed by atoms with Crippen molar-refractivity contribution >= 4 is 22.8 Å². The highest BCUT2D eigenvalue weighted by Crippen LogP contribution is 2.18. The molecule has 7 nitrogen and oxygen atoms in total. The molecule has 0 saturated heterocycles. The number of aromatic amines is 1. The Bertz CT molecular complexity index is 968. The van der Waals surface area contributed by atoms with E-state index in [2.05, 4.69) is 46.5 Å². The van der Waals surface area contributed by atoms with Crippen LogP contribution in [0.1, 0.15) is 39.8 Å². The summed E-state index contributed by atoms with van der Waals surface area (Å²) >= 11 is 0. The molecule has 1 aromatic heterocycles. The van der Waals surface area contributed by atoms with Crippen LogP contribution < -0.4 is 5.32 Å². The Morgan fingerprint density at radius 2 is 1.96 bits per heavy atom. The van der Waals surface area contributed by atoms with E-state index >= 15 is 0 Å². The minimum atomic E-state index is -1.13. The summed E-state index contributed by atoms with van der Waals surface area (Å²) in [4.78, 5) is 25.9. The van der Waals surface area contributed by atoms with Crippen molar-refractivity contribution in [2.75, 3.05) is 13.6 Å². The molecule has 0 saturated carbocycles. The summed E-state index contributed by atoms with van der Waals surface area (Å²) in [5.74, 6) is -1.35. The van der Waals surface area contributed by atoms with Gasteiger partial charge in [-0.1, -0.05) is 30.3 Å². The Morgan fingerprint density at radius 3 is 2.68 bits per heavy atom. The maximum atomic E-state index is 12.4. The smallest absolute Gasteiger partial charge is 0.357 e. The number of hydrogen-bond acceptors (Lipinski definition) is 4. The van der Waals surface area contributed by atoms with Crippen molar-refractivity contribution in [1.29, 1.82) is 0 Å². The van der Waals surface area contributed by atoms with Crippen LogP contribution in [0.5, 0.6) is 0 Å². The summed E-state index contributed by atoms with van der Waals surface area (Å²) in [5.41, 5.74) is 2.18. The molecular weight excluding hydrogens is 356 g/mol. The highest BCUT2D eigenvalue weighted by molar-refractivity contribution is 6.04. The van der Waals surface area contributed by atoms with E-state index in [1.165, 1.54) is 5.56 Å². The molecule has 1 heterocycles. The monoisotopic (exact) mass is 380 g/mol. The predicted octanol–water partition coefficient (Wildman–Crippen LogP) is 2.90. The number of H-pyrrole nitrogens is 1. The van der Waals surface area contributed by atoms with E-state index in [1.807, 2.05) is 18.2 Å². The molecule has 0 spiro atoms. The molecule has 28 heavy (non-hydrogen) atoms. The molecule has 7 heteroatoms. The average Bonchev–Trinajstić information content (AvgIpc) is 3.12. The van der Waals surface area contributed by atoms with Gasteiger partial charge in [-0.05, 0) is 44.2 Å². The van der Waals surface area contributed by atoms with Crippen molar-refractivity contribution in [2.45, 2.75) is 25.9 Å². The fourth-order valence-electron chi connectivity index (χ4n) is 3.06. The minimum Gasteiger partial charge on any atom is -0.476 e. The summed E-state index contributed by atoms with van der Waals surface area (Å²) in [6, 6.07) is 15.4. The van der Waals surface area contributed by atoms with Gasteiger partial charge in [0.05, 0.1) is 5.52 Å². The minimum absolute atomic E-state index is 0.0826. The van der Waals surface area contributed by atoms with Crippen molar-refractivity contribution in [3.63, 3.8) is 0 Å². The van der Waals surface area contributed by atoms with Gasteiger partial charge < -0.3 is 10.4 Å². The zero-order chi connectivity index (χ0) is 20.1. The Balaban J connectivity index is 1.54. The number of rotatable bonds is 8. The number of nitrogens with zero attached hydrogens (tertiary/aromatic N) is 2. The van der Waals surface area contributed by atoms with Gasteiger partial charge in [0, 0.05) is 30.1 Å². The van der Waals surface area contributed by atoms with E-state index in [4.69, 9.17) is 0 Å². The Hall–Kier alpha value is -3.19. The normalized spacial score (nSPS) is 12.2. The van der Waals surface area contributed by atoms with Gasteiger partial charge in [0.1, 0.15) is 0 Å². The molecule has 1 unspecified atom stereocenters. The molecule has 2 aromatic carbocycles. The average molecular weight is 380 g/mol. The quantitative estimate of drug-likeness (QED) is 0.558. The van der Waals surface area contributed by atoms with Crippen LogP contribution in [0.25, 0.3) is 10.9 Å². The Labute approximate surface area is 163 Å². The Kier molecular flexibility index (Phi) is 6.06. The number of amides is 1. The van der Waals surface area contributed by atoms with Crippen LogP contribution in [0.4, 0.5) is 0 Å². The van der Waals surface area contributed by atoms with E-state index in [0.29, 0.717) is 29.1 Å². The second-order valence-electron chi connectivity index (χ2n) is 6.93. The number of carboxylic acids is 1. The molecular formula is C21H24N4O3. The highest BCUT2D eigenvalue weighted by Gasteiger charge is 2.15. The largest absolute Gasteiger partial charge is 0.476 e. The lowest BCUT2D eigenvalue weighted by molar-refractivity contribution is 0.0692. The molecule has 0 fully saturated rings. The van der Waals surface area contributed by atoms with Crippen LogP contribution in [0.15, 0.2) is 48.5 Å². The number of carboxylic acid groups (broad SMARTS) is 1. The first-order valence-corrected chi connectivity index (χ1v) is 9.19. The molecule has 0 aliphatic heterocycles. The molecule has 1 amide bonds. The molecule has 0 radical (unpaired) electrons. The molecule has 3 aromatic rings. The van der Waals surface area contributed by atoms with Crippen LogP contribution in [0, 0.1) is 0 Å². The van der Waals surface area contributed by atoms with Crippen LogP contribution in [0.3, 0.4) is 0 Å². The lowest BCUT2D eigenvalue weighted by Crippen LogP contribution is -2.33. The predicted molar refractivity (Wildman–Crippen MR) is 107 cm³/mol. The topological polar surface area (TPSA) is 98.3 Å². The van der Waals surface area contributed by atoms with Gasteiger partial charge in [0.25, 0.3) is 5.91 Å².